The van der Waals surface area contributed by atoms with Crippen LogP contribution in [0.15, 0.2) is 24.3 Å². The molecular formula is C17H26ClF2N3O2. The van der Waals surface area contributed by atoms with Crippen molar-refractivity contribution in [3.05, 3.63) is 24.3 Å². The smallest absolute Gasteiger partial charge is 0.387 e. The van der Waals surface area contributed by atoms with E-state index < -0.39 is 12.7 Å². The van der Waals surface area contributed by atoms with Gasteiger partial charge in [-0.2, -0.15) is 8.78 Å². The van der Waals surface area contributed by atoms with Gasteiger partial charge in [-0.15, -0.1) is 12.4 Å². The van der Waals surface area contributed by atoms with E-state index in [4.69, 9.17) is 5.73 Å². The molecule has 0 radical (unpaired) electrons. The van der Waals surface area contributed by atoms with Gasteiger partial charge in [0.25, 0.3) is 0 Å². The maximum absolute atomic E-state index is 12.5. The van der Waals surface area contributed by atoms with E-state index in [0.29, 0.717) is 18.8 Å². The first kappa shape index (κ1) is 21.4. The topological polar surface area (TPSA) is 67.6 Å². The third kappa shape index (κ3) is 5.71. The van der Waals surface area contributed by atoms with Crippen LogP contribution < -0.4 is 20.7 Å². The zero-order chi connectivity index (χ0) is 17.7. The minimum absolute atomic E-state index is 0. The molecule has 0 bridgehead atoms. The van der Waals surface area contributed by atoms with E-state index in [0.717, 1.165) is 12.8 Å². The number of carbonyl (C=O) groups excluding carboxylic acids is 1. The first-order valence-electron chi connectivity index (χ1n) is 8.27. The fourth-order valence-corrected chi connectivity index (χ4v) is 2.82. The molecule has 5 nitrogen and oxygen atoms in total. The predicted molar refractivity (Wildman–Crippen MR) is 96.5 cm³/mol. The molecule has 1 fully saturated rings. The zero-order valence-corrected chi connectivity index (χ0v) is 15.3. The minimum Gasteiger partial charge on any atom is -0.433 e. The Labute approximate surface area is 153 Å². The fraction of sp³-hybridized carbons (Fsp3) is 0.588. The van der Waals surface area contributed by atoms with Crippen LogP contribution in [0.5, 0.6) is 5.75 Å². The Morgan fingerprint density at radius 1 is 1.44 bits per heavy atom. The third-order valence-electron chi connectivity index (χ3n) is 4.52. The summed E-state index contributed by atoms with van der Waals surface area (Å²) in [4.78, 5) is 14.1. The lowest BCUT2D eigenvalue weighted by atomic mass is 9.99. The molecule has 1 aromatic carbocycles. The minimum atomic E-state index is -2.86. The number of halogens is 3. The van der Waals surface area contributed by atoms with E-state index in [9.17, 15) is 13.6 Å². The largest absolute Gasteiger partial charge is 0.433 e. The Kier molecular flexibility index (Phi) is 8.38. The summed E-state index contributed by atoms with van der Waals surface area (Å²) in [7, 11) is 0. The van der Waals surface area contributed by atoms with E-state index in [1.807, 2.05) is 18.7 Å². The van der Waals surface area contributed by atoms with Crippen molar-refractivity contribution < 1.29 is 18.3 Å². The number of hydrogen-bond donors (Lipinski definition) is 2. The lowest BCUT2D eigenvalue weighted by molar-refractivity contribution is -0.124. The average molecular weight is 378 g/mol. The standard InChI is InChI=1S/C17H25F2N3O2.ClH/c1-3-11(2)15(20)16(23)21-12-8-9-22(10-12)13-6-4-5-7-14(13)24-17(18)19;/h4-7,11-12,15,17H,3,8-10,20H2,1-2H3,(H,21,23);1H. The Hall–Kier alpha value is -1.60. The summed E-state index contributed by atoms with van der Waals surface area (Å²) in [6.07, 6.45) is 1.58. The second-order valence-corrected chi connectivity index (χ2v) is 6.20. The number of carbonyl (C=O) groups is 1. The quantitative estimate of drug-likeness (QED) is 0.766. The third-order valence-corrected chi connectivity index (χ3v) is 4.52. The molecule has 142 valence electrons. The van der Waals surface area contributed by atoms with Gasteiger partial charge < -0.3 is 20.7 Å². The van der Waals surface area contributed by atoms with E-state index in [1.54, 1.807) is 18.2 Å². The molecule has 0 aromatic heterocycles. The number of para-hydroxylation sites is 2. The summed E-state index contributed by atoms with van der Waals surface area (Å²) in [5.41, 5.74) is 6.56. The van der Waals surface area contributed by atoms with Gasteiger partial charge in [0, 0.05) is 19.1 Å². The predicted octanol–water partition coefficient (Wildman–Crippen LogP) is 2.78. The van der Waals surface area contributed by atoms with Crippen LogP contribution in [0.3, 0.4) is 0 Å². The molecule has 3 atom stereocenters. The van der Waals surface area contributed by atoms with Crippen molar-refractivity contribution in [2.75, 3.05) is 18.0 Å². The molecule has 1 amide bonds. The first-order chi connectivity index (χ1) is 11.4. The fourth-order valence-electron chi connectivity index (χ4n) is 2.82. The highest BCUT2D eigenvalue weighted by molar-refractivity contribution is 5.85. The van der Waals surface area contributed by atoms with Gasteiger partial charge in [-0.25, -0.2) is 0 Å². The van der Waals surface area contributed by atoms with E-state index in [1.165, 1.54) is 6.07 Å². The lowest BCUT2D eigenvalue weighted by Gasteiger charge is -2.23. The van der Waals surface area contributed by atoms with Crippen molar-refractivity contribution in [2.24, 2.45) is 11.7 Å². The Morgan fingerprint density at radius 3 is 2.76 bits per heavy atom. The molecule has 1 saturated heterocycles. The molecule has 1 aliphatic rings. The molecule has 1 aliphatic heterocycles. The number of ether oxygens (including phenoxy) is 1. The number of alkyl halides is 2. The summed E-state index contributed by atoms with van der Waals surface area (Å²) < 4.78 is 29.6. The van der Waals surface area contributed by atoms with Crippen LogP contribution in [0.25, 0.3) is 0 Å². The van der Waals surface area contributed by atoms with Gasteiger partial charge in [0.15, 0.2) is 0 Å². The molecule has 25 heavy (non-hydrogen) atoms. The monoisotopic (exact) mass is 377 g/mol. The van der Waals surface area contributed by atoms with Crippen LogP contribution in [-0.2, 0) is 4.79 Å². The lowest BCUT2D eigenvalue weighted by Crippen LogP contribution is -2.49. The van der Waals surface area contributed by atoms with E-state index in [2.05, 4.69) is 10.1 Å². The zero-order valence-electron chi connectivity index (χ0n) is 14.5. The highest BCUT2D eigenvalue weighted by Crippen LogP contribution is 2.31. The number of amides is 1. The first-order valence-corrected chi connectivity index (χ1v) is 8.27. The van der Waals surface area contributed by atoms with Crippen LogP contribution in [0.1, 0.15) is 26.7 Å². The van der Waals surface area contributed by atoms with Gasteiger partial charge in [-0.05, 0) is 24.5 Å². The highest BCUT2D eigenvalue weighted by Gasteiger charge is 2.28. The molecule has 0 saturated carbocycles. The van der Waals surface area contributed by atoms with Crippen molar-refractivity contribution in [1.82, 2.24) is 5.32 Å². The Bertz CT molecular complexity index is 562. The van der Waals surface area contributed by atoms with Gasteiger partial charge in [0.05, 0.1) is 11.7 Å². The highest BCUT2D eigenvalue weighted by atomic mass is 35.5. The van der Waals surface area contributed by atoms with Gasteiger partial charge >= 0.3 is 6.61 Å². The van der Waals surface area contributed by atoms with Crippen molar-refractivity contribution in [3.63, 3.8) is 0 Å². The molecule has 3 N–H and O–H groups in total. The molecule has 0 spiro atoms. The van der Waals surface area contributed by atoms with Crippen molar-refractivity contribution in [1.29, 1.82) is 0 Å². The number of nitrogens with two attached hydrogens (primary N) is 1. The number of hydrogen-bond acceptors (Lipinski definition) is 4. The van der Waals surface area contributed by atoms with Crippen LogP contribution in [-0.4, -0.2) is 37.7 Å². The summed E-state index contributed by atoms with van der Waals surface area (Å²) in [6.45, 7) is 2.28. The van der Waals surface area contributed by atoms with Crippen molar-refractivity contribution in [3.8, 4) is 5.75 Å². The molecular weight excluding hydrogens is 352 g/mol. The summed E-state index contributed by atoms with van der Waals surface area (Å²) >= 11 is 0. The van der Waals surface area contributed by atoms with Crippen LogP contribution in [0, 0.1) is 5.92 Å². The van der Waals surface area contributed by atoms with Gasteiger partial charge in [0.2, 0.25) is 5.91 Å². The summed E-state index contributed by atoms with van der Waals surface area (Å²) in [6, 6.07) is 6.12. The SMILES string of the molecule is CCC(C)C(N)C(=O)NC1CCN(c2ccccc2OC(F)F)C1.Cl. The van der Waals surface area contributed by atoms with E-state index in [-0.39, 0.29) is 36.0 Å². The molecule has 2 rings (SSSR count). The van der Waals surface area contributed by atoms with E-state index >= 15 is 0 Å². The van der Waals surface area contributed by atoms with Crippen LogP contribution in [0.2, 0.25) is 0 Å². The maximum Gasteiger partial charge on any atom is 0.387 e. The average Bonchev–Trinajstić information content (AvgIpc) is 3.01. The summed E-state index contributed by atoms with van der Waals surface area (Å²) in [5.74, 6) is 0.103. The van der Waals surface area contributed by atoms with Crippen molar-refractivity contribution in [2.45, 2.75) is 45.4 Å². The number of rotatable bonds is 7. The number of nitrogens with zero attached hydrogens (tertiary/aromatic N) is 1. The van der Waals surface area contributed by atoms with Gasteiger partial charge in [0.1, 0.15) is 5.75 Å². The normalized spacial score (nSPS) is 19.3. The Balaban J connectivity index is 0.00000312. The molecule has 3 unspecified atom stereocenters. The van der Waals surface area contributed by atoms with Gasteiger partial charge in [-0.1, -0.05) is 32.4 Å². The molecule has 1 aromatic rings. The summed E-state index contributed by atoms with van der Waals surface area (Å²) in [5, 5.41) is 2.96. The second kappa shape index (κ2) is 9.77. The number of nitrogens with one attached hydrogen (secondary N) is 1. The molecule has 0 aliphatic carbocycles. The van der Waals surface area contributed by atoms with Crippen LogP contribution >= 0.6 is 12.4 Å². The Morgan fingerprint density at radius 2 is 2.12 bits per heavy atom. The number of anilines is 1. The number of benzene rings is 1. The molecule has 1 heterocycles. The molecule has 8 heteroatoms. The van der Waals surface area contributed by atoms with Crippen LogP contribution in [0.4, 0.5) is 14.5 Å². The maximum atomic E-state index is 12.5. The second-order valence-electron chi connectivity index (χ2n) is 6.20. The van der Waals surface area contributed by atoms with Gasteiger partial charge in [-0.3, -0.25) is 4.79 Å². The van der Waals surface area contributed by atoms with Crippen molar-refractivity contribution >= 4 is 24.0 Å².